The van der Waals surface area contributed by atoms with Crippen molar-refractivity contribution in [2.24, 2.45) is 10.9 Å². The van der Waals surface area contributed by atoms with Gasteiger partial charge in [0.05, 0.1) is 11.3 Å². The SMILES string of the molecule is N/C(=N/O)c1ccccc1NC(=O)c1ccc(O)cc1O. The monoisotopic (exact) mass is 287 g/mol. The van der Waals surface area contributed by atoms with Gasteiger partial charge in [-0.05, 0) is 24.3 Å². The summed E-state index contributed by atoms with van der Waals surface area (Å²) in [4.78, 5) is 12.1. The van der Waals surface area contributed by atoms with Gasteiger partial charge in [-0.15, -0.1) is 0 Å². The van der Waals surface area contributed by atoms with Crippen molar-refractivity contribution in [3.8, 4) is 11.5 Å². The summed E-state index contributed by atoms with van der Waals surface area (Å²) >= 11 is 0. The maximum atomic E-state index is 12.1. The molecular formula is C14H13N3O4. The van der Waals surface area contributed by atoms with Crippen LogP contribution in [0.4, 0.5) is 5.69 Å². The molecule has 0 aliphatic heterocycles. The van der Waals surface area contributed by atoms with Crippen molar-refractivity contribution < 1.29 is 20.2 Å². The molecule has 0 radical (unpaired) electrons. The van der Waals surface area contributed by atoms with E-state index in [-0.39, 0.29) is 22.9 Å². The van der Waals surface area contributed by atoms with Gasteiger partial charge in [-0.1, -0.05) is 17.3 Å². The predicted octanol–water partition coefficient (Wildman–Crippen LogP) is 1.44. The van der Waals surface area contributed by atoms with E-state index >= 15 is 0 Å². The maximum Gasteiger partial charge on any atom is 0.259 e. The van der Waals surface area contributed by atoms with Gasteiger partial charge in [0, 0.05) is 11.6 Å². The van der Waals surface area contributed by atoms with Crippen molar-refractivity contribution in [1.29, 1.82) is 0 Å². The summed E-state index contributed by atoms with van der Waals surface area (Å²) < 4.78 is 0. The molecule has 0 aromatic heterocycles. The molecule has 0 saturated carbocycles. The van der Waals surface area contributed by atoms with Crippen LogP contribution in [0.2, 0.25) is 0 Å². The number of carbonyl (C=O) groups excluding carboxylic acids is 1. The van der Waals surface area contributed by atoms with E-state index in [1.165, 1.54) is 12.1 Å². The first kappa shape index (κ1) is 14.2. The van der Waals surface area contributed by atoms with Gasteiger partial charge in [-0.25, -0.2) is 0 Å². The van der Waals surface area contributed by atoms with Crippen LogP contribution in [0.25, 0.3) is 0 Å². The van der Waals surface area contributed by atoms with Crippen molar-refractivity contribution in [3.63, 3.8) is 0 Å². The van der Waals surface area contributed by atoms with Crippen LogP contribution < -0.4 is 11.1 Å². The van der Waals surface area contributed by atoms with Gasteiger partial charge < -0.3 is 26.5 Å². The molecule has 2 rings (SSSR count). The second kappa shape index (κ2) is 5.83. The molecule has 0 bridgehead atoms. The van der Waals surface area contributed by atoms with Gasteiger partial charge in [0.25, 0.3) is 5.91 Å². The summed E-state index contributed by atoms with van der Waals surface area (Å²) in [5, 5.41) is 33.0. The number of amides is 1. The lowest BCUT2D eigenvalue weighted by atomic mass is 10.1. The van der Waals surface area contributed by atoms with E-state index in [4.69, 9.17) is 10.9 Å². The lowest BCUT2D eigenvalue weighted by molar-refractivity contribution is 0.102. The van der Waals surface area contributed by atoms with E-state index in [9.17, 15) is 15.0 Å². The Morgan fingerprint density at radius 1 is 1.10 bits per heavy atom. The lowest BCUT2D eigenvalue weighted by Crippen LogP contribution is -2.19. The minimum atomic E-state index is -0.592. The Bertz CT molecular complexity index is 713. The predicted molar refractivity (Wildman–Crippen MR) is 76.7 cm³/mol. The number of para-hydroxylation sites is 1. The molecule has 0 atom stereocenters. The number of nitrogens with one attached hydrogen (secondary N) is 1. The summed E-state index contributed by atoms with van der Waals surface area (Å²) in [7, 11) is 0. The average molecular weight is 287 g/mol. The number of phenols is 2. The first-order valence-electron chi connectivity index (χ1n) is 5.93. The fourth-order valence-electron chi connectivity index (χ4n) is 1.77. The maximum absolute atomic E-state index is 12.1. The van der Waals surface area contributed by atoms with Gasteiger partial charge in [0.2, 0.25) is 0 Å². The van der Waals surface area contributed by atoms with Crippen LogP contribution in [0.5, 0.6) is 11.5 Å². The molecule has 2 aromatic rings. The molecule has 0 heterocycles. The van der Waals surface area contributed by atoms with Crippen LogP contribution in [0.3, 0.4) is 0 Å². The molecule has 6 N–H and O–H groups in total. The van der Waals surface area contributed by atoms with E-state index in [0.29, 0.717) is 11.3 Å². The van der Waals surface area contributed by atoms with Gasteiger partial charge in [0.1, 0.15) is 11.5 Å². The zero-order valence-electron chi connectivity index (χ0n) is 10.8. The number of nitrogens with zero attached hydrogens (tertiary/aromatic N) is 1. The highest BCUT2D eigenvalue weighted by Gasteiger charge is 2.14. The van der Waals surface area contributed by atoms with Crippen LogP contribution >= 0.6 is 0 Å². The Hall–Kier alpha value is -3.22. The number of hydrogen-bond acceptors (Lipinski definition) is 5. The molecule has 0 aliphatic rings. The third-order valence-corrected chi connectivity index (χ3v) is 2.78. The first-order valence-corrected chi connectivity index (χ1v) is 5.93. The Balaban J connectivity index is 2.32. The number of carbonyl (C=O) groups is 1. The van der Waals surface area contributed by atoms with Crippen LogP contribution in [-0.2, 0) is 0 Å². The third kappa shape index (κ3) is 3.03. The highest BCUT2D eigenvalue weighted by Crippen LogP contribution is 2.24. The van der Waals surface area contributed by atoms with Crippen LogP contribution in [0, 0.1) is 0 Å². The average Bonchev–Trinajstić information content (AvgIpc) is 2.46. The summed E-state index contributed by atoms with van der Waals surface area (Å²) in [6.07, 6.45) is 0. The Morgan fingerprint density at radius 3 is 2.48 bits per heavy atom. The summed E-state index contributed by atoms with van der Waals surface area (Å²) in [6.45, 7) is 0. The molecule has 0 fully saturated rings. The quantitative estimate of drug-likeness (QED) is 0.252. The fourth-order valence-corrected chi connectivity index (χ4v) is 1.77. The summed E-state index contributed by atoms with van der Waals surface area (Å²) in [6, 6.07) is 10.1. The molecule has 108 valence electrons. The van der Waals surface area contributed by atoms with Gasteiger partial charge in [-0.3, -0.25) is 4.79 Å². The van der Waals surface area contributed by atoms with E-state index in [2.05, 4.69) is 10.5 Å². The van der Waals surface area contributed by atoms with Crippen molar-refractivity contribution >= 4 is 17.4 Å². The fraction of sp³-hybridized carbons (Fsp3) is 0. The number of anilines is 1. The lowest BCUT2D eigenvalue weighted by Gasteiger charge is -2.10. The second-order valence-electron chi connectivity index (χ2n) is 4.19. The van der Waals surface area contributed by atoms with Gasteiger partial charge >= 0.3 is 0 Å². The molecule has 21 heavy (non-hydrogen) atoms. The molecule has 0 spiro atoms. The normalized spacial score (nSPS) is 11.1. The smallest absolute Gasteiger partial charge is 0.259 e. The van der Waals surface area contributed by atoms with Gasteiger partial charge in [0.15, 0.2) is 5.84 Å². The van der Waals surface area contributed by atoms with E-state index in [1.807, 2.05) is 0 Å². The van der Waals surface area contributed by atoms with Crippen molar-refractivity contribution in [2.75, 3.05) is 5.32 Å². The number of nitrogens with two attached hydrogens (primary N) is 1. The van der Waals surface area contributed by atoms with E-state index in [1.54, 1.807) is 24.3 Å². The van der Waals surface area contributed by atoms with Crippen LogP contribution in [0.1, 0.15) is 15.9 Å². The number of amidine groups is 1. The molecule has 7 nitrogen and oxygen atoms in total. The minimum absolute atomic E-state index is 0.0119. The Labute approximate surface area is 120 Å². The summed E-state index contributed by atoms with van der Waals surface area (Å²) in [5.74, 6) is -1.25. The summed E-state index contributed by atoms with van der Waals surface area (Å²) in [5.41, 5.74) is 6.18. The van der Waals surface area contributed by atoms with Crippen molar-refractivity contribution in [1.82, 2.24) is 0 Å². The van der Waals surface area contributed by atoms with E-state index < -0.39 is 5.91 Å². The molecule has 0 unspecified atom stereocenters. The number of hydrogen-bond donors (Lipinski definition) is 5. The topological polar surface area (TPSA) is 128 Å². The Kier molecular flexibility index (Phi) is 3.94. The molecule has 7 heteroatoms. The van der Waals surface area contributed by atoms with Gasteiger partial charge in [-0.2, -0.15) is 0 Å². The van der Waals surface area contributed by atoms with Crippen LogP contribution in [0.15, 0.2) is 47.6 Å². The standard InChI is InChI=1S/C14H13N3O4/c15-13(17-21)9-3-1-2-4-11(9)16-14(20)10-6-5-8(18)7-12(10)19/h1-7,18-19,21H,(H2,15,17)(H,16,20). The minimum Gasteiger partial charge on any atom is -0.508 e. The molecule has 0 saturated heterocycles. The molecular weight excluding hydrogens is 274 g/mol. The number of aromatic hydroxyl groups is 2. The first-order chi connectivity index (χ1) is 10.0. The molecule has 1 amide bonds. The second-order valence-corrected chi connectivity index (χ2v) is 4.19. The third-order valence-electron chi connectivity index (χ3n) is 2.78. The molecule has 0 aliphatic carbocycles. The number of phenolic OH excluding ortho intramolecular Hbond substituents is 2. The van der Waals surface area contributed by atoms with Crippen molar-refractivity contribution in [2.45, 2.75) is 0 Å². The van der Waals surface area contributed by atoms with E-state index in [0.717, 1.165) is 6.07 Å². The highest BCUT2D eigenvalue weighted by atomic mass is 16.4. The molecule has 2 aromatic carbocycles. The number of oxime groups is 1. The Morgan fingerprint density at radius 2 is 1.81 bits per heavy atom. The zero-order valence-corrected chi connectivity index (χ0v) is 10.8. The number of benzene rings is 2. The number of rotatable bonds is 3. The highest BCUT2D eigenvalue weighted by molar-refractivity contribution is 6.10. The zero-order chi connectivity index (χ0) is 15.4. The van der Waals surface area contributed by atoms with Crippen LogP contribution in [-0.4, -0.2) is 27.2 Å². The van der Waals surface area contributed by atoms with Crippen molar-refractivity contribution in [3.05, 3.63) is 53.6 Å². The largest absolute Gasteiger partial charge is 0.508 e.